The topological polar surface area (TPSA) is 94.2 Å². The van der Waals surface area contributed by atoms with Crippen LogP contribution in [0.2, 0.25) is 0 Å². The Morgan fingerprint density at radius 3 is 2.67 bits per heavy atom. The minimum Gasteiger partial charge on any atom is -0.477 e. The summed E-state index contributed by atoms with van der Waals surface area (Å²) in [7, 11) is 0. The van der Waals surface area contributed by atoms with Gasteiger partial charge in [-0.3, -0.25) is 0 Å². The van der Waals surface area contributed by atoms with Crippen LogP contribution in [0.1, 0.15) is 36.5 Å². The summed E-state index contributed by atoms with van der Waals surface area (Å²) in [6.45, 7) is 6.43. The molecule has 100 valence electrons. The number of carbonyl (C=O) groups excluding carboxylic acids is 1. The summed E-state index contributed by atoms with van der Waals surface area (Å²) in [5.41, 5.74) is 0.957. The lowest BCUT2D eigenvalue weighted by molar-refractivity contribution is 0.0692. The Hall–Kier alpha value is -1.98. The van der Waals surface area contributed by atoms with Crippen molar-refractivity contribution in [3.63, 3.8) is 0 Å². The van der Waals surface area contributed by atoms with Gasteiger partial charge in [0, 0.05) is 12.2 Å². The highest BCUT2D eigenvalue weighted by atomic mass is 16.4. The molecule has 1 aromatic heterocycles. The Bertz CT molecular complexity index is 438. The summed E-state index contributed by atoms with van der Waals surface area (Å²) in [6.07, 6.45) is 0.880. The molecule has 1 rings (SSSR count). The number of carboxylic acids is 1. The molecule has 0 unspecified atom stereocenters. The molecule has 0 saturated heterocycles. The molecule has 0 fully saturated rings. The van der Waals surface area contributed by atoms with E-state index in [1.807, 2.05) is 0 Å². The Balaban J connectivity index is 2.56. The third kappa shape index (κ3) is 4.12. The fourth-order valence-electron chi connectivity index (χ4n) is 1.50. The fourth-order valence-corrected chi connectivity index (χ4v) is 1.50. The van der Waals surface area contributed by atoms with Crippen molar-refractivity contribution in [2.24, 2.45) is 5.92 Å². The molecule has 0 bridgehead atoms. The third-order valence-corrected chi connectivity index (χ3v) is 2.42. The zero-order chi connectivity index (χ0) is 13.7. The van der Waals surface area contributed by atoms with Gasteiger partial charge in [-0.2, -0.15) is 0 Å². The van der Waals surface area contributed by atoms with E-state index in [0.29, 0.717) is 18.2 Å². The average molecular weight is 253 g/mol. The number of anilines is 1. The molecule has 0 saturated carbocycles. The quantitative estimate of drug-likeness (QED) is 0.648. The van der Waals surface area contributed by atoms with Crippen LogP contribution in [-0.4, -0.2) is 28.6 Å². The van der Waals surface area contributed by atoms with Gasteiger partial charge in [-0.05, 0) is 25.3 Å². The fraction of sp³-hybridized carbons (Fsp3) is 0.500. The van der Waals surface area contributed by atoms with Gasteiger partial charge in [-0.25, -0.2) is 9.59 Å². The van der Waals surface area contributed by atoms with E-state index < -0.39 is 12.0 Å². The number of rotatable bonds is 5. The number of carboxylic acid groups (broad SMARTS) is 1. The van der Waals surface area contributed by atoms with Crippen molar-refractivity contribution >= 4 is 17.7 Å². The Morgan fingerprint density at radius 1 is 1.44 bits per heavy atom. The SMILES string of the molecule is Cc1cc(NC(=O)NCCC(C)C)c(C(=O)O)[nH]1. The van der Waals surface area contributed by atoms with E-state index in [4.69, 9.17) is 5.11 Å². The van der Waals surface area contributed by atoms with Crippen molar-refractivity contribution in [2.75, 3.05) is 11.9 Å². The highest BCUT2D eigenvalue weighted by molar-refractivity contribution is 5.99. The second-order valence-electron chi connectivity index (χ2n) is 4.61. The minimum absolute atomic E-state index is 0.00786. The zero-order valence-corrected chi connectivity index (χ0v) is 10.8. The number of H-pyrrole nitrogens is 1. The van der Waals surface area contributed by atoms with Crippen molar-refractivity contribution in [3.05, 3.63) is 17.5 Å². The van der Waals surface area contributed by atoms with Crippen molar-refractivity contribution in [2.45, 2.75) is 27.2 Å². The predicted octanol–water partition coefficient (Wildman–Crippen LogP) is 2.19. The van der Waals surface area contributed by atoms with Crippen LogP contribution < -0.4 is 10.6 Å². The molecule has 1 aromatic rings. The zero-order valence-electron chi connectivity index (χ0n) is 10.8. The number of aryl methyl sites for hydroxylation is 1. The minimum atomic E-state index is -1.10. The van der Waals surface area contributed by atoms with Crippen LogP contribution in [0.4, 0.5) is 10.5 Å². The molecule has 1 heterocycles. The molecule has 6 heteroatoms. The van der Waals surface area contributed by atoms with E-state index in [0.717, 1.165) is 6.42 Å². The van der Waals surface area contributed by atoms with Gasteiger partial charge in [0.1, 0.15) is 5.69 Å². The molecule has 4 N–H and O–H groups in total. The molecule has 0 atom stereocenters. The second kappa shape index (κ2) is 6.09. The first-order chi connectivity index (χ1) is 8.40. The number of aromatic carboxylic acids is 1. The molecule has 0 aliphatic heterocycles. The lowest BCUT2D eigenvalue weighted by Gasteiger charge is -2.08. The molecule has 0 aliphatic rings. The predicted molar refractivity (Wildman–Crippen MR) is 69.0 cm³/mol. The standard InChI is InChI=1S/C12H19N3O3/c1-7(2)4-5-13-12(18)15-9-6-8(3)14-10(9)11(16)17/h6-7,14H,4-5H2,1-3H3,(H,16,17)(H2,13,15,18). The molecule has 0 aliphatic carbocycles. The van der Waals surface area contributed by atoms with E-state index in [2.05, 4.69) is 29.5 Å². The van der Waals surface area contributed by atoms with E-state index in [9.17, 15) is 9.59 Å². The summed E-state index contributed by atoms with van der Waals surface area (Å²) < 4.78 is 0. The van der Waals surface area contributed by atoms with Gasteiger partial charge >= 0.3 is 12.0 Å². The molecule has 18 heavy (non-hydrogen) atoms. The largest absolute Gasteiger partial charge is 0.477 e. The molecular weight excluding hydrogens is 234 g/mol. The van der Waals surface area contributed by atoms with Gasteiger partial charge in [-0.15, -0.1) is 0 Å². The first-order valence-corrected chi connectivity index (χ1v) is 5.88. The van der Waals surface area contributed by atoms with Crippen molar-refractivity contribution in [1.29, 1.82) is 0 Å². The third-order valence-electron chi connectivity index (χ3n) is 2.42. The maximum Gasteiger partial charge on any atom is 0.354 e. The van der Waals surface area contributed by atoms with Crippen LogP contribution in [0.5, 0.6) is 0 Å². The highest BCUT2D eigenvalue weighted by Crippen LogP contribution is 2.16. The second-order valence-corrected chi connectivity index (χ2v) is 4.61. The van der Waals surface area contributed by atoms with E-state index in [1.54, 1.807) is 13.0 Å². The van der Waals surface area contributed by atoms with Crippen molar-refractivity contribution in [3.8, 4) is 0 Å². The Morgan fingerprint density at radius 2 is 2.11 bits per heavy atom. The molecular formula is C12H19N3O3. The smallest absolute Gasteiger partial charge is 0.354 e. The van der Waals surface area contributed by atoms with Crippen LogP contribution in [0.15, 0.2) is 6.07 Å². The van der Waals surface area contributed by atoms with Crippen LogP contribution in [0, 0.1) is 12.8 Å². The van der Waals surface area contributed by atoms with E-state index >= 15 is 0 Å². The number of hydrogen-bond acceptors (Lipinski definition) is 2. The van der Waals surface area contributed by atoms with E-state index in [1.165, 1.54) is 0 Å². The molecule has 2 amide bonds. The van der Waals surface area contributed by atoms with Gasteiger partial charge in [-0.1, -0.05) is 13.8 Å². The van der Waals surface area contributed by atoms with Crippen LogP contribution in [0.3, 0.4) is 0 Å². The normalized spacial score (nSPS) is 10.4. The lowest BCUT2D eigenvalue weighted by atomic mass is 10.1. The maximum absolute atomic E-state index is 11.5. The Kier molecular flexibility index (Phi) is 4.76. The van der Waals surface area contributed by atoms with Crippen LogP contribution in [0.25, 0.3) is 0 Å². The first-order valence-electron chi connectivity index (χ1n) is 5.88. The van der Waals surface area contributed by atoms with Gasteiger partial charge < -0.3 is 20.7 Å². The number of hydrogen-bond donors (Lipinski definition) is 4. The van der Waals surface area contributed by atoms with Crippen molar-refractivity contribution in [1.82, 2.24) is 10.3 Å². The summed E-state index contributed by atoms with van der Waals surface area (Å²) >= 11 is 0. The monoisotopic (exact) mass is 253 g/mol. The number of nitrogens with one attached hydrogen (secondary N) is 3. The number of amides is 2. The number of carbonyl (C=O) groups is 2. The summed E-state index contributed by atoms with van der Waals surface area (Å²) in [5, 5.41) is 14.1. The number of urea groups is 1. The molecule has 6 nitrogen and oxygen atoms in total. The van der Waals surface area contributed by atoms with Gasteiger partial charge in [0.25, 0.3) is 0 Å². The van der Waals surface area contributed by atoms with Gasteiger partial charge in [0.05, 0.1) is 5.69 Å². The first kappa shape index (κ1) is 14.1. The molecule has 0 spiro atoms. The number of aromatic amines is 1. The lowest BCUT2D eigenvalue weighted by Crippen LogP contribution is -2.30. The van der Waals surface area contributed by atoms with E-state index in [-0.39, 0.29) is 11.4 Å². The summed E-state index contributed by atoms with van der Waals surface area (Å²) in [5.74, 6) is -0.588. The van der Waals surface area contributed by atoms with Gasteiger partial charge in [0.15, 0.2) is 0 Å². The summed E-state index contributed by atoms with van der Waals surface area (Å²) in [4.78, 5) is 25.1. The average Bonchev–Trinajstić information content (AvgIpc) is 2.58. The maximum atomic E-state index is 11.5. The van der Waals surface area contributed by atoms with Gasteiger partial charge in [0.2, 0.25) is 0 Å². The van der Waals surface area contributed by atoms with Crippen molar-refractivity contribution < 1.29 is 14.7 Å². The molecule has 0 aromatic carbocycles. The summed E-state index contributed by atoms with van der Waals surface area (Å²) in [6, 6.07) is 1.20. The Labute approximate surface area is 106 Å². The van der Waals surface area contributed by atoms with Crippen LogP contribution >= 0.6 is 0 Å². The highest BCUT2D eigenvalue weighted by Gasteiger charge is 2.14. The molecule has 0 radical (unpaired) electrons. The number of aromatic nitrogens is 1. The van der Waals surface area contributed by atoms with Crippen LogP contribution in [-0.2, 0) is 0 Å².